The summed E-state index contributed by atoms with van der Waals surface area (Å²) in [4.78, 5) is 25.3. The van der Waals surface area contributed by atoms with E-state index >= 15 is 0 Å². The van der Waals surface area contributed by atoms with Crippen LogP contribution in [0.2, 0.25) is 0 Å². The van der Waals surface area contributed by atoms with Crippen molar-refractivity contribution < 1.29 is 14.3 Å². The summed E-state index contributed by atoms with van der Waals surface area (Å²) in [7, 11) is 0. The summed E-state index contributed by atoms with van der Waals surface area (Å²) >= 11 is 0. The van der Waals surface area contributed by atoms with E-state index in [4.69, 9.17) is 4.74 Å². The summed E-state index contributed by atoms with van der Waals surface area (Å²) in [5.74, 6) is 0.182. The number of carbonyl (C=O) groups is 2. The Bertz CT molecular complexity index is 303. The second-order valence-electron chi connectivity index (χ2n) is 4.84. The van der Waals surface area contributed by atoms with Crippen LogP contribution in [0.3, 0.4) is 0 Å². The standard InChI is InChI=1S/C11H16N2O3/c14-10-8-1-2-9(16-8)11(15)13(10)6-7-3-4-12-5-7/h7-9,12H,1-6H2. The molecule has 1 N–H and O–H groups in total. The SMILES string of the molecule is O=C1C2CCC(O2)C(=O)N1CC1CCNC1. The molecule has 3 saturated heterocycles. The molecule has 2 amide bonds. The van der Waals surface area contributed by atoms with Crippen LogP contribution in [-0.2, 0) is 14.3 Å². The normalized spacial score (nSPS) is 38.5. The second kappa shape index (κ2) is 3.82. The first-order valence-corrected chi connectivity index (χ1v) is 5.97. The molecule has 3 unspecified atom stereocenters. The Kier molecular flexibility index (Phi) is 2.44. The largest absolute Gasteiger partial charge is 0.355 e. The first-order valence-electron chi connectivity index (χ1n) is 5.97. The topological polar surface area (TPSA) is 58.6 Å². The van der Waals surface area contributed by atoms with Crippen molar-refractivity contribution in [3.63, 3.8) is 0 Å². The van der Waals surface area contributed by atoms with Crippen LogP contribution in [-0.4, -0.2) is 48.6 Å². The Labute approximate surface area is 94.1 Å². The predicted molar refractivity (Wildman–Crippen MR) is 55.6 cm³/mol. The van der Waals surface area contributed by atoms with Gasteiger partial charge in [0.2, 0.25) is 0 Å². The van der Waals surface area contributed by atoms with E-state index in [9.17, 15) is 9.59 Å². The highest BCUT2D eigenvalue weighted by Gasteiger charge is 2.46. The third-order valence-corrected chi connectivity index (χ3v) is 3.71. The van der Waals surface area contributed by atoms with Gasteiger partial charge in [-0.25, -0.2) is 0 Å². The lowest BCUT2D eigenvalue weighted by Crippen LogP contribution is -2.53. The van der Waals surface area contributed by atoms with Crippen molar-refractivity contribution in [1.29, 1.82) is 0 Å². The van der Waals surface area contributed by atoms with Crippen LogP contribution in [0.5, 0.6) is 0 Å². The van der Waals surface area contributed by atoms with Gasteiger partial charge in [0.25, 0.3) is 11.8 Å². The highest BCUT2D eigenvalue weighted by Crippen LogP contribution is 2.29. The van der Waals surface area contributed by atoms with Crippen LogP contribution in [0.4, 0.5) is 0 Å². The van der Waals surface area contributed by atoms with E-state index in [1.807, 2.05) is 0 Å². The Morgan fingerprint density at radius 2 is 1.88 bits per heavy atom. The molecule has 3 aliphatic heterocycles. The number of nitrogens with one attached hydrogen (secondary N) is 1. The highest BCUT2D eigenvalue weighted by atomic mass is 16.5. The molecule has 2 bridgehead atoms. The number of hydrogen-bond acceptors (Lipinski definition) is 4. The maximum absolute atomic E-state index is 11.9. The van der Waals surface area contributed by atoms with Crippen LogP contribution >= 0.6 is 0 Å². The molecule has 0 aromatic carbocycles. The van der Waals surface area contributed by atoms with Gasteiger partial charge in [-0.1, -0.05) is 0 Å². The Balaban J connectivity index is 1.72. The molecule has 5 nitrogen and oxygen atoms in total. The van der Waals surface area contributed by atoms with Crippen molar-refractivity contribution in [3.05, 3.63) is 0 Å². The van der Waals surface area contributed by atoms with E-state index in [0.29, 0.717) is 25.3 Å². The zero-order valence-electron chi connectivity index (χ0n) is 9.15. The molecule has 5 heteroatoms. The molecular formula is C11H16N2O3. The van der Waals surface area contributed by atoms with Crippen molar-refractivity contribution in [2.24, 2.45) is 5.92 Å². The smallest absolute Gasteiger partial charge is 0.258 e. The lowest BCUT2D eigenvalue weighted by molar-refractivity contribution is -0.169. The highest BCUT2D eigenvalue weighted by molar-refractivity contribution is 6.02. The number of hydrogen-bond donors (Lipinski definition) is 1. The maximum atomic E-state index is 11.9. The lowest BCUT2D eigenvalue weighted by Gasteiger charge is -2.31. The van der Waals surface area contributed by atoms with Crippen LogP contribution in [0.25, 0.3) is 0 Å². The number of nitrogens with zero attached hydrogens (tertiary/aromatic N) is 1. The van der Waals surface area contributed by atoms with Gasteiger partial charge < -0.3 is 10.1 Å². The fourth-order valence-electron chi connectivity index (χ4n) is 2.77. The molecule has 3 rings (SSSR count). The minimum atomic E-state index is -0.350. The summed E-state index contributed by atoms with van der Waals surface area (Å²) in [5, 5.41) is 3.25. The second-order valence-corrected chi connectivity index (χ2v) is 4.84. The Morgan fingerprint density at radius 1 is 1.19 bits per heavy atom. The number of ether oxygens (including phenoxy) is 1. The molecule has 0 aromatic heterocycles. The van der Waals surface area contributed by atoms with Crippen molar-refractivity contribution in [2.75, 3.05) is 19.6 Å². The molecule has 0 radical (unpaired) electrons. The van der Waals surface area contributed by atoms with Gasteiger partial charge in [-0.2, -0.15) is 0 Å². The van der Waals surface area contributed by atoms with Crippen LogP contribution < -0.4 is 5.32 Å². The number of likely N-dealkylation sites (tertiary alicyclic amines) is 1. The summed E-state index contributed by atoms with van der Waals surface area (Å²) in [5.41, 5.74) is 0. The van der Waals surface area contributed by atoms with Gasteiger partial charge in [-0.3, -0.25) is 14.5 Å². The van der Waals surface area contributed by atoms with E-state index in [1.54, 1.807) is 0 Å². The molecule has 0 aromatic rings. The first-order chi connectivity index (χ1) is 7.75. The monoisotopic (exact) mass is 224 g/mol. The third kappa shape index (κ3) is 1.55. The van der Waals surface area contributed by atoms with Crippen molar-refractivity contribution in [2.45, 2.75) is 31.5 Å². The molecule has 88 valence electrons. The minimum absolute atomic E-state index is 0.120. The molecule has 3 fully saturated rings. The van der Waals surface area contributed by atoms with Crippen LogP contribution in [0.15, 0.2) is 0 Å². The molecule has 3 aliphatic rings. The number of imide groups is 1. The van der Waals surface area contributed by atoms with E-state index in [-0.39, 0.29) is 24.0 Å². The fourth-order valence-corrected chi connectivity index (χ4v) is 2.77. The van der Waals surface area contributed by atoms with Crippen molar-refractivity contribution >= 4 is 11.8 Å². The van der Waals surface area contributed by atoms with Gasteiger partial charge in [0.1, 0.15) is 12.2 Å². The van der Waals surface area contributed by atoms with Crippen molar-refractivity contribution in [1.82, 2.24) is 10.2 Å². The minimum Gasteiger partial charge on any atom is -0.355 e. The Hall–Kier alpha value is -0.940. The average molecular weight is 224 g/mol. The molecule has 16 heavy (non-hydrogen) atoms. The van der Waals surface area contributed by atoms with Gasteiger partial charge in [0.05, 0.1) is 0 Å². The van der Waals surface area contributed by atoms with E-state index < -0.39 is 0 Å². The van der Waals surface area contributed by atoms with E-state index in [1.165, 1.54) is 4.90 Å². The summed E-state index contributed by atoms with van der Waals surface area (Å²) in [6.45, 7) is 2.47. The van der Waals surface area contributed by atoms with Gasteiger partial charge in [-0.05, 0) is 38.3 Å². The fraction of sp³-hybridized carbons (Fsp3) is 0.818. The van der Waals surface area contributed by atoms with Gasteiger partial charge in [-0.15, -0.1) is 0 Å². The van der Waals surface area contributed by atoms with Gasteiger partial charge in [0.15, 0.2) is 0 Å². The quantitative estimate of drug-likeness (QED) is 0.643. The predicted octanol–water partition coefficient (Wildman–Crippen LogP) is -0.488. The number of rotatable bonds is 2. The van der Waals surface area contributed by atoms with Gasteiger partial charge in [0, 0.05) is 6.54 Å². The molecule has 0 aliphatic carbocycles. The maximum Gasteiger partial charge on any atom is 0.258 e. The number of morpholine rings is 1. The summed E-state index contributed by atoms with van der Waals surface area (Å²) in [6, 6.07) is 0. The van der Waals surface area contributed by atoms with Crippen LogP contribution in [0, 0.1) is 5.92 Å². The van der Waals surface area contributed by atoms with E-state index in [0.717, 1.165) is 19.5 Å². The zero-order valence-corrected chi connectivity index (χ0v) is 9.15. The molecule has 0 saturated carbocycles. The summed E-state index contributed by atoms with van der Waals surface area (Å²) < 4.78 is 5.36. The average Bonchev–Trinajstić information content (AvgIpc) is 2.92. The molecule has 3 atom stereocenters. The molecule has 0 spiro atoms. The number of fused-ring (bicyclic) bond motifs is 2. The zero-order chi connectivity index (χ0) is 11.1. The first kappa shape index (κ1) is 10.2. The molecular weight excluding hydrogens is 208 g/mol. The molecule has 3 heterocycles. The third-order valence-electron chi connectivity index (χ3n) is 3.71. The summed E-state index contributed by atoms with van der Waals surface area (Å²) in [6.07, 6.45) is 1.76. The van der Waals surface area contributed by atoms with Crippen LogP contribution in [0.1, 0.15) is 19.3 Å². The number of carbonyl (C=O) groups excluding carboxylic acids is 2. The number of amides is 2. The van der Waals surface area contributed by atoms with E-state index in [2.05, 4.69) is 5.32 Å². The Morgan fingerprint density at radius 3 is 2.44 bits per heavy atom. The van der Waals surface area contributed by atoms with Crippen molar-refractivity contribution in [3.8, 4) is 0 Å². The van der Waals surface area contributed by atoms with Gasteiger partial charge >= 0.3 is 0 Å². The lowest BCUT2D eigenvalue weighted by atomic mass is 10.1.